The monoisotopic (exact) mass is 586 g/mol. The molecule has 40 heavy (non-hydrogen) atoms. The second-order valence-electron chi connectivity index (χ2n) is 10.6. The molecule has 4 aliphatic rings. The van der Waals surface area contributed by atoms with Gasteiger partial charge < -0.3 is 9.84 Å². The van der Waals surface area contributed by atoms with E-state index in [4.69, 9.17) is 27.9 Å². The Kier molecular flexibility index (Phi) is 6.05. The summed E-state index contributed by atoms with van der Waals surface area (Å²) in [6, 6.07) is 9.15. The third kappa shape index (κ3) is 3.31. The summed E-state index contributed by atoms with van der Waals surface area (Å²) in [6.07, 6.45) is 1.91. The third-order valence-corrected chi connectivity index (χ3v) is 10.2. The van der Waals surface area contributed by atoms with Gasteiger partial charge in [-0.3, -0.25) is 24.1 Å². The van der Waals surface area contributed by atoms with Gasteiger partial charge in [0.05, 0.1) is 24.6 Å². The lowest BCUT2D eigenvalue weighted by atomic mass is 9.56. The first-order valence-electron chi connectivity index (χ1n) is 12.9. The van der Waals surface area contributed by atoms with Gasteiger partial charge in [-0.2, -0.15) is 0 Å². The number of carbonyl (C=O) groups is 4. The highest BCUT2D eigenvalue weighted by Gasteiger charge is 2.76. The highest BCUT2D eigenvalue weighted by Crippen LogP contribution is 2.66. The molecule has 2 aromatic rings. The molecule has 0 aromatic heterocycles. The summed E-state index contributed by atoms with van der Waals surface area (Å²) in [4.78, 5) is 53.0. The van der Waals surface area contributed by atoms with Gasteiger partial charge in [-0.05, 0) is 56.0 Å². The predicted octanol–water partition coefficient (Wildman–Crippen LogP) is 4.12. The SMILES string of the molecule is CCN1C(=O)[C@H]2[C@H](CC=C3[C@H]2C[C@@]2(Cl)C(=O)N(c4ccc(F)cc4)C(=O)[C@@]2(Cl)[C@H]3c2ccc(O)cc2OC)C1=O. The van der Waals surface area contributed by atoms with E-state index >= 15 is 0 Å². The summed E-state index contributed by atoms with van der Waals surface area (Å²) in [5.41, 5.74) is 1.10. The van der Waals surface area contributed by atoms with Crippen LogP contribution in [0.4, 0.5) is 10.1 Å². The minimum absolute atomic E-state index is 0.0941. The number of alkyl halides is 2. The van der Waals surface area contributed by atoms with Crippen LogP contribution in [-0.2, 0) is 19.2 Å². The van der Waals surface area contributed by atoms with Crippen LogP contribution >= 0.6 is 23.2 Å². The molecule has 6 atom stereocenters. The molecule has 2 heterocycles. The number of ether oxygens (including phenoxy) is 1. The van der Waals surface area contributed by atoms with Crippen LogP contribution in [0.3, 0.4) is 0 Å². The number of benzene rings is 2. The number of rotatable bonds is 4. The van der Waals surface area contributed by atoms with Crippen molar-refractivity contribution in [3.05, 3.63) is 65.5 Å². The number of aromatic hydroxyl groups is 1. The molecule has 6 rings (SSSR count). The van der Waals surface area contributed by atoms with Crippen molar-refractivity contribution in [2.24, 2.45) is 17.8 Å². The van der Waals surface area contributed by atoms with Crippen molar-refractivity contribution in [1.29, 1.82) is 0 Å². The largest absolute Gasteiger partial charge is 0.508 e. The number of fused-ring (bicyclic) bond motifs is 4. The van der Waals surface area contributed by atoms with Gasteiger partial charge >= 0.3 is 0 Å². The fourth-order valence-electron chi connectivity index (χ4n) is 7.06. The van der Waals surface area contributed by atoms with Crippen LogP contribution in [0.5, 0.6) is 11.5 Å². The number of allylic oxidation sites excluding steroid dienone is 2. The molecular weight excluding hydrogens is 562 g/mol. The summed E-state index contributed by atoms with van der Waals surface area (Å²) >= 11 is 14.6. The number of phenolic OH excluding ortho intramolecular Hbond substituents is 1. The lowest BCUT2D eigenvalue weighted by molar-refractivity contribution is -0.140. The van der Waals surface area contributed by atoms with Crippen LogP contribution in [0.2, 0.25) is 0 Å². The van der Waals surface area contributed by atoms with Crippen molar-refractivity contribution >= 4 is 52.5 Å². The molecule has 1 saturated carbocycles. The lowest BCUT2D eigenvalue weighted by Gasteiger charge is -2.50. The van der Waals surface area contributed by atoms with Crippen molar-refractivity contribution in [3.63, 3.8) is 0 Å². The predicted molar refractivity (Wildman–Crippen MR) is 144 cm³/mol. The first-order chi connectivity index (χ1) is 19.0. The Balaban J connectivity index is 1.59. The van der Waals surface area contributed by atoms with Crippen LogP contribution < -0.4 is 9.64 Å². The first kappa shape index (κ1) is 26.8. The molecule has 208 valence electrons. The summed E-state index contributed by atoms with van der Waals surface area (Å²) in [6.45, 7) is 1.93. The van der Waals surface area contributed by atoms with Crippen LogP contribution in [0.1, 0.15) is 31.2 Å². The minimum atomic E-state index is -2.07. The molecule has 2 aliphatic carbocycles. The number of anilines is 1. The summed E-state index contributed by atoms with van der Waals surface area (Å²) in [5, 5.41) is 10.2. The molecule has 2 aliphatic heterocycles. The number of carbonyl (C=O) groups excluding carboxylic acids is 4. The number of nitrogens with zero attached hydrogens (tertiary/aromatic N) is 2. The Morgan fingerprint density at radius 3 is 2.38 bits per heavy atom. The average molecular weight is 587 g/mol. The topological polar surface area (TPSA) is 104 Å². The number of phenols is 1. The highest BCUT2D eigenvalue weighted by molar-refractivity contribution is 6.58. The number of hydrogen-bond acceptors (Lipinski definition) is 6. The van der Waals surface area contributed by atoms with Gasteiger partial charge in [-0.15, -0.1) is 23.2 Å². The second kappa shape index (κ2) is 9.04. The minimum Gasteiger partial charge on any atom is -0.508 e. The van der Waals surface area contributed by atoms with E-state index in [0.717, 1.165) is 17.0 Å². The maximum Gasteiger partial charge on any atom is 0.258 e. The Hall–Kier alpha value is -3.43. The Labute approximate surface area is 239 Å². The zero-order chi connectivity index (χ0) is 28.7. The van der Waals surface area contributed by atoms with Gasteiger partial charge in [0.25, 0.3) is 11.8 Å². The molecule has 3 fully saturated rings. The molecule has 0 bridgehead atoms. The number of halogens is 3. The van der Waals surface area contributed by atoms with E-state index in [1.54, 1.807) is 13.0 Å². The molecule has 0 unspecified atom stereocenters. The molecule has 8 nitrogen and oxygen atoms in total. The maximum atomic E-state index is 14.3. The van der Waals surface area contributed by atoms with Crippen molar-refractivity contribution in [2.45, 2.75) is 35.4 Å². The molecule has 0 radical (unpaired) electrons. The molecule has 4 amide bonds. The average Bonchev–Trinajstić information content (AvgIpc) is 3.27. The van der Waals surface area contributed by atoms with Crippen molar-refractivity contribution < 1.29 is 33.4 Å². The maximum absolute atomic E-state index is 14.3. The zero-order valence-electron chi connectivity index (χ0n) is 21.6. The number of methoxy groups -OCH3 is 1. The summed E-state index contributed by atoms with van der Waals surface area (Å²) in [7, 11) is 1.39. The molecule has 1 N–H and O–H groups in total. The Morgan fingerprint density at radius 1 is 1.02 bits per heavy atom. The fraction of sp³-hybridized carbons (Fsp3) is 0.379. The summed E-state index contributed by atoms with van der Waals surface area (Å²) in [5.74, 6) is -5.80. The first-order valence-corrected chi connectivity index (χ1v) is 13.7. The van der Waals surface area contributed by atoms with E-state index in [-0.39, 0.29) is 48.4 Å². The quantitative estimate of drug-likeness (QED) is 0.328. The van der Waals surface area contributed by atoms with Crippen LogP contribution in [0.15, 0.2) is 54.1 Å². The van der Waals surface area contributed by atoms with E-state index in [9.17, 15) is 28.7 Å². The van der Waals surface area contributed by atoms with Gasteiger partial charge in [0, 0.05) is 24.1 Å². The molecule has 2 aromatic carbocycles. The molecule has 0 spiro atoms. The van der Waals surface area contributed by atoms with Gasteiger partial charge in [-0.1, -0.05) is 17.7 Å². The van der Waals surface area contributed by atoms with Crippen LogP contribution in [0.25, 0.3) is 0 Å². The van der Waals surface area contributed by atoms with Gasteiger partial charge in [-0.25, -0.2) is 9.29 Å². The van der Waals surface area contributed by atoms with E-state index in [1.165, 1.54) is 36.3 Å². The zero-order valence-corrected chi connectivity index (χ0v) is 23.1. The van der Waals surface area contributed by atoms with Gasteiger partial charge in [0.2, 0.25) is 11.8 Å². The molecular formula is C29H25Cl2FN2O6. The molecule has 2 saturated heterocycles. The number of hydrogen-bond donors (Lipinski definition) is 1. The highest BCUT2D eigenvalue weighted by atomic mass is 35.5. The van der Waals surface area contributed by atoms with Crippen molar-refractivity contribution in [3.8, 4) is 11.5 Å². The Morgan fingerprint density at radius 2 is 1.73 bits per heavy atom. The standard InChI is InChI=1S/C29H25Cl2FN2O6/c1-3-33-24(36)19-11-10-17-20(22(19)25(33)37)13-28(30)26(38)34(15-6-4-14(32)5-7-15)27(39)29(28,31)23(17)18-9-8-16(35)12-21(18)40-2/h4-10,12,19-20,22-23,35H,3,11,13H2,1-2H3/t19-,20+,22-,23+,28+,29-/m0/s1. The third-order valence-electron chi connectivity index (χ3n) is 8.83. The normalized spacial score (nSPS) is 33.1. The number of likely N-dealkylation sites (tertiary alicyclic amines) is 1. The van der Waals surface area contributed by atoms with Gasteiger partial charge in [0.15, 0.2) is 9.75 Å². The Bertz CT molecular complexity index is 1510. The lowest BCUT2D eigenvalue weighted by Crippen LogP contribution is -2.60. The van der Waals surface area contributed by atoms with Crippen LogP contribution in [0, 0.1) is 23.6 Å². The number of amides is 4. The van der Waals surface area contributed by atoms with Gasteiger partial charge in [0.1, 0.15) is 17.3 Å². The second-order valence-corrected chi connectivity index (χ2v) is 11.8. The van der Waals surface area contributed by atoms with E-state index in [1.807, 2.05) is 6.08 Å². The van der Waals surface area contributed by atoms with Crippen LogP contribution in [-0.4, -0.2) is 57.0 Å². The van der Waals surface area contributed by atoms with Crippen molar-refractivity contribution in [2.75, 3.05) is 18.6 Å². The summed E-state index contributed by atoms with van der Waals surface area (Å²) < 4.78 is 19.3. The van der Waals surface area contributed by atoms with E-state index in [0.29, 0.717) is 11.1 Å². The van der Waals surface area contributed by atoms with E-state index in [2.05, 4.69) is 0 Å². The van der Waals surface area contributed by atoms with Crippen molar-refractivity contribution in [1.82, 2.24) is 4.90 Å². The smallest absolute Gasteiger partial charge is 0.258 e. The van der Waals surface area contributed by atoms with E-state index < -0.39 is 51.1 Å². The fourth-order valence-corrected chi connectivity index (χ4v) is 7.99. The molecule has 11 heteroatoms. The number of imide groups is 2.